The Hall–Kier alpha value is -1.31. The van der Waals surface area contributed by atoms with Crippen LogP contribution in [0, 0.1) is 0 Å². The second-order valence-corrected chi connectivity index (χ2v) is 6.55. The van der Waals surface area contributed by atoms with Gasteiger partial charge in [0.1, 0.15) is 5.75 Å². The lowest BCUT2D eigenvalue weighted by Crippen LogP contribution is -2.40. The maximum atomic E-state index is 12.4. The minimum atomic E-state index is -3.60. The Morgan fingerprint density at radius 1 is 1.30 bits per heavy atom. The summed E-state index contributed by atoms with van der Waals surface area (Å²) in [5.74, 6) is 0.350. The van der Waals surface area contributed by atoms with Crippen LogP contribution in [0.25, 0.3) is 0 Å². The number of nitrogen functional groups attached to an aromatic ring is 1. The van der Waals surface area contributed by atoms with E-state index in [2.05, 4.69) is 4.72 Å². The summed E-state index contributed by atoms with van der Waals surface area (Å²) in [4.78, 5) is 0.144. The zero-order valence-corrected chi connectivity index (χ0v) is 12.4. The van der Waals surface area contributed by atoms with Crippen molar-refractivity contribution >= 4 is 15.7 Å². The predicted molar refractivity (Wildman–Crippen MR) is 76.2 cm³/mol. The number of ether oxygens (including phenoxy) is 2. The molecule has 3 N–H and O–H groups in total. The van der Waals surface area contributed by atoms with Crippen LogP contribution in [-0.4, -0.2) is 34.8 Å². The van der Waals surface area contributed by atoms with Crippen LogP contribution in [0.4, 0.5) is 5.69 Å². The van der Waals surface area contributed by atoms with Gasteiger partial charge in [0, 0.05) is 19.2 Å². The second kappa shape index (κ2) is 5.99. The molecule has 1 fully saturated rings. The maximum absolute atomic E-state index is 12.4. The second-order valence-electron chi connectivity index (χ2n) is 4.84. The lowest BCUT2D eigenvalue weighted by atomic mass is 10.2. The summed E-state index contributed by atoms with van der Waals surface area (Å²) in [5.41, 5.74) is 6.09. The van der Waals surface area contributed by atoms with Gasteiger partial charge in [0.05, 0.1) is 23.8 Å². The highest BCUT2D eigenvalue weighted by Gasteiger charge is 2.31. The number of hydrogen-bond acceptors (Lipinski definition) is 5. The molecule has 0 aromatic heterocycles. The quantitative estimate of drug-likeness (QED) is 0.795. The van der Waals surface area contributed by atoms with Crippen LogP contribution in [0.2, 0.25) is 0 Å². The SMILES string of the molecule is COc1cc(S(=O)(=O)NC2CCCC2OC)ccc1N. The first-order chi connectivity index (χ1) is 9.47. The molecule has 2 atom stereocenters. The minimum Gasteiger partial charge on any atom is -0.495 e. The number of nitrogens with two attached hydrogens (primary N) is 1. The van der Waals surface area contributed by atoms with Crippen molar-refractivity contribution in [3.63, 3.8) is 0 Å². The molecule has 6 nitrogen and oxygen atoms in total. The molecule has 1 saturated carbocycles. The molecule has 2 unspecified atom stereocenters. The highest BCUT2D eigenvalue weighted by Crippen LogP contribution is 2.27. The van der Waals surface area contributed by atoms with Gasteiger partial charge in [-0.05, 0) is 31.4 Å². The van der Waals surface area contributed by atoms with Crippen molar-refractivity contribution in [2.45, 2.75) is 36.3 Å². The summed E-state index contributed by atoms with van der Waals surface area (Å²) in [6, 6.07) is 4.23. The molecular formula is C13H20N2O4S. The standard InChI is InChI=1S/C13H20N2O4S/c1-18-12-5-3-4-11(12)15-20(16,17)9-6-7-10(14)13(8-9)19-2/h6-8,11-12,15H,3-5,14H2,1-2H3. The number of methoxy groups -OCH3 is 2. The molecule has 0 amide bonds. The van der Waals surface area contributed by atoms with Gasteiger partial charge in [-0.25, -0.2) is 13.1 Å². The van der Waals surface area contributed by atoms with Crippen molar-refractivity contribution in [3.8, 4) is 5.75 Å². The number of rotatable bonds is 5. The Bertz CT molecular complexity index is 574. The van der Waals surface area contributed by atoms with E-state index in [9.17, 15) is 8.42 Å². The highest BCUT2D eigenvalue weighted by molar-refractivity contribution is 7.89. The molecule has 1 aliphatic carbocycles. The number of anilines is 1. The number of nitrogens with one attached hydrogen (secondary N) is 1. The monoisotopic (exact) mass is 300 g/mol. The van der Waals surface area contributed by atoms with E-state index in [-0.39, 0.29) is 17.0 Å². The largest absolute Gasteiger partial charge is 0.495 e. The van der Waals surface area contributed by atoms with Gasteiger partial charge >= 0.3 is 0 Å². The fourth-order valence-corrected chi connectivity index (χ4v) is 3.78. The van der Waals surface area contributed by atoms with Gasteiger partial charge in [-0.2, -0.15) is 0 Å². The Morgan fingerprint density at radius 3 is 2.70 bits per heavy atom. The molecule has 112 valence electrons. The van der Waals surface area contributed by atoms with Gasteiger partial charge in [0.15, 0.2) is 0 Å². The molecule has 0 saturated heterocycles. The average Bonchev–Trinajstić information content (AvgIpc) is 2.85. The van der Waals surface area contributed by atoms with E-state index in [1.165, 1.54) is 25.3 Å². The van der Waals surface area contributed by atoms with Crippen LogP contribution >= 0.6 is 0 Å². The van der Waals surface area contributed by atoms with Gasteiger partial charge in [0.25, 0.3) is 0 Å². The number of benzene rings is 1. The lowest BCUT2D eigenvalue weighted by Gasteiger charge is -2.19. The van der Waals surface area contributed by atoms with Crippen LogP contribution in [0.3, 0.4) is 0 Å². The normalized spacial score (nSPS) is 22.9. The lowest BCUT2D eigenvalue weighted by molar-refractivity contribution is 0.0916. The van der Waals surface area contributed by atoms with Crippen LogP contribution in [0.5, 0.6) is 5.75 Å². The molecule has 0 aliphatic heterocycles. The van der Waals surface area contributed by atoms with E-state index in [0.717, 1.165) is 19.3 Å². The highest BCUT2D eigenvalue weighted by atomic mass is 32.2. The molecule has 0 radical (unpaired) electrons. The van der Waals surface area contributed by atoms with E-state index < -0.39 is 10.0 Å². The summed E-state index contributed by atoms with van der Waals surface area (Å²) >= 11 is 0. The van der Waals surface area contributed by atoms with E-state index in [1.807, 2.05) is 0 Å². The molecule has 1 aliphatic rings. The third kappa shape index (κ3) is 3.05. The smallest absolute Gasteiger partial charge is 0.241 e. The van der Waals surface area contributed by atoms with Gasteiger partial charge in [0.2, 0.25) is 10.0 Å². The first-order valence-electron chi connectivity index (χ1n) is 6.46. The zero-order valence-electron chi connectivity index (χ0n) is 11.6. The summed E-state index contributed by atoms with van der Waals surface area (Å²) < 4.78 is 37.8. The summed E-state index contributed by atoms with van der Waals surface area (Å²) in [5, 5.41) is 0. The number of sulfonamides is 1. The Labute approximate surface area is 119 Å². The van der Waals surface area contributed by atoms with Crippen molar-refractivity contribution < 1.29 is 17.9 Å². The van der Waals surface area contributed by atoms with E-state index in [1.54, 1.807) is 7.11 Å². The average molecular weight is 300 g/mol. The first-order valence-corrected chi connectivity index (χ1v) is 7.95. The van der Waals surface area contributed by atoms with Crippen LogP contribution < -0.4 is 15.2 Å². The summed E-state index contributed by atoms with van der Waals surface area (Å²) in [6.45, 7) is 0. The minimum absolute atomic E-state index is 0.0690. The van der Waals surface area contributed by atoms with Gasteiger partial charge in [-0.1, -0.05) is 0 Å². The molecule has 1 aromatic rings. The van der Waals surface area contributed by atoms with E-state index in [0.29, 0.717) is 11.4 Å². The van der Waals surface area contributed by atoms with E-state index >= 15 is 0 Å². The zero-order chi connectivity index (χ0) is 14.8. The fraction of sp³-hybridized carbons (Fsp3) is 0.538. The molecule has 2 rings (SSSR count). The van der Waals surface area contributed by atoms with E-state index in [4.69, 9.17) is 15.2 Å². The van der Waals surface area contributed by atoms with Crippen LogP contribution in [0.1, 0.15) is 19.3 Å². The Balaban J connectivity index is 2.22. The van der Waals surface area contributed by atoms with Crippen molar-refractivity contribution in [1.29, 1.82) is 0 Å². The van der Waals surface area contributed by atoms with Crippen LogP contribution in [0.15, 0.2) is 23.1 Å². The van der Waals surface area contributed by atoms with Crippen LogP contribution in [-0.2, 0) is 14.8 Å². The topological polar surface area (TPSA) is 90.7 Å². The molecule has 0 heterocycles. The summed E-state index contributed by atoms with van der Waals surface area (Å²) in [7, 11) is -0.549. The van der Waals surface area contributed by atoms with Crippen molar-refractivity contribution in [1.82, 2.24) is 4.72 Å². The Morgan fingerprint density at radius 2 is 2.05 bits per heavy atom. The molecule has 7 heteroatoms. The fourth-order valence-electron chi connectivity index (χ4n) is 2.47. The predicted octanol–water partition coefficient (Wildman–Crippen LogP) is 1.12. The number of hydrogen-bond donors (Lipinski definition) is 2. The van der Waals surface area contributed by atoms with Gasteiger partial charge in [-0.15, -0.1) is 0 Å². The molecular weight excluding hydrogens is 280 g/mol. The van der Waals surface area contributed by atoms with Gasteiger partial charge < -0.3 is 15.2 Å². The first kappa shape index (κ1) is 15.1. The third-order valence-corrected chi connectivity index (χ3v) is 5.06. The molecule has 0 bridgehead atoms. The molecule has 0 spiro atoms. The summed E-state index contributed by atoms with van der Waals surface area (Å²) in [6.07, 6.45) is 2.54. The van der Waals surface area contributed by atoms with Gasteiger partial charge in [-0.3, -0.25) is 0 Å². The maximum Gasteiger partial charge on any atom is 0.241 e. The molecule has 20 heavy (non-hydrogen) atoms. The van der Waals surface area contributed by atoms with Crippen molar-refractivity contribution in [2.75, 3.05) is 20.0 Å². The van der Waals surface area contributed by atoms with Crippen molar-refractivity contribution in [3.05, 3.63) is 18.2 Å². The Kier molecular flexibility index (Phi) is 4.52. The molecule has 1 aromatic carbocycles. The van der Waals surface area contributed by atoms with Crippen molar-refractivity contribution in [2.24, 2.45) is 0 Å². The third-order valence-electron chi connectivity index (χ3n) is 3.58.